The maximum Gasteiger partial charge on any atom is 0.328 e. The molecule has 0 radical (unpaired) electrons. The predicted molar refractivity (Wildman–Crippen MR) is 113 cm³/mol. The lowest BCUT2D eigenvalue weighted by Gasteiger charge is -2.19. The highest BCUT2D eigenvalue weighted by atomic mass is 16.5. The lowest BCUT2D eigenvalue weighted by Crippen LogP contribution is -2.43. The summed E-state index contributed by atoms with van der Waals surface area (Å²) in [5.74, 6) is -0.850. The fraction of sp³-hybridized carbons (Fsp3) is 0.125. The molecule has 144 valence electrons. The van der Waals surface area contributed by atoms with Crippen molar-refractivity contribution in [1.82, 2.24) is 10.3 Å². The second kappa shape index (κ2) is 8.10. The van der Waals surface area contributed by atoms with Crippen molar-refractivity contribution in [1.29, 1.82) is 0 Å². The number of rotatable bonds is 5. The number of benzene rings is 3. The van der Waals surface area contributed by atoms with Crippen LogP contribution in [0.25, 0.3) is 21.5 Å². The SMILES string of the molecule is COC(=O)[C@@H](Cc1c2ccccc2cc2ccccc12)NC(=O)c1cccnc1. The molecule has 3 aromatic carbocycles. The molecule has 0 spiro atoms. The molecular weight excluding hydrogens is 364 g/mol. The smallest absolute Gasteiger partial charge is 0.328 e. The molecule has 5 nitrogen and oxygen atoms in total. The van der Waals surface area contributed by atoms with Crippen molar-refractivity contribution in [2.45, 2.75) is 12.5 Å². The Hall–Kier alpha value is -3.73. The molecule has 1 amide bonds. The van der Waals surface area contributed by atoms with Gasteiger partial charge in [-0.2, -0.15) is 0 Å². The number of ether oxygens (including phenoxy) is 1. The van der Waals surface area contributed by atoms with Crippen LogP contribution in [0.1, 0.15) is 15.9 Å². The van der Waals surface area contributed by atoms with Gasteiger partial charge in [-0.3, -0.25) is 9.78 Å². The molecule has 0 saturated carbocycles. The fourth-order valence-corrected chi connectivity index (χ4v) is 3.61. The lowest BCUT2D eigenvalue weighted by atomic mass is 9.92. The first-order chi connectivity index (χ1) is 14.2. The molecule has 0 saturated heterocycles. The first-order valence-electron chi connectivity index (χ1n) is 9.35. The van der Waals surface area contributed by atoms with Crippen molar-refractivity contribution >= 4 is 33.4 Å². The van der Waals surface area contributed by atoms with Gasteiger partial charge < -0.3 is 10.1 Å². The van der Waals surface area contributed by atoms with E-state index >= 15 is 0 Å². The molecule has 0 fully saturated rings. The van der Waals surface area contributed by atoms with Crippen LogP contribution in [-0.4, -0.2) is 30.0 Å². The van der Waals surface area contributed by atoms with Crippen LogP contribution in [-0.2, 0) is 16.0 Å². The molecule has 5 heteroatoms. The Labute approximate surface area is 168 Å². The Balaban J connectivity index is 1.76. The zero-order valence-electron chi connectivity index (χ0n) is 16.0. The molecule has 1 aromatic heterocycles. The summed E-state index contributed by atoms with van der Waals surface area (Å²) in [4.78, 5) is 29.1. The first kappa shape index (κ1) is 18.6. The summed E-state index contributed by atoms with van der Waals surface area (Å²) in [6.07, 6.45) is 3.38. The molecule has 0 aliphatic rings. The second-order valence-corrected chi connectivity index (χ2v) is 6.79. The number of methoxy groups -OCH3 is 1. The van der Waals surface area contributed by atoms with Gasteiger partial charge >= 0.3 is 5.97 Å². The van der Waals surface area contributed by atoms with Gasteiger partial charge in [0.1, 0.15) is 6.04 Å². The van der Waals surface area contributed by atoms with Crippen LogP contribution in [0.15, 0.2) is 79.1 Å². The van der Waals surface area contributed by atoms with E-state index in [1.807, 2.05) is 48.5 Å². The van der Waals surface area contributed by atoms with E-state index < -0.39 is 12.0 Å². The number of carbonyl (C=O) groups is 2. The Morgan fingerprint density at radius 1 is 0.966 bits per heavy atom. The highest BCUT2D eigenvalue weighted by molar-refractivity contribution is 6.03. The Bertz CT molecular complexity index is 1130. The third-order valence-corrected chi connectivity index (χ3v) is 5.01. The zero-order chi connectivity index (χ0) is 20.2. The molecular formula is C24H20N2O3. The molecule has 0 bridgehead atoms. The predicted octanol–water partition coefficient (Wildman–Crippen LogP) is 3.90. The first-order valence-corrected chi connectivity index (χ1v) is 9.35. The van der Waals surface area contributed by atoms with E-state index in [0.717, 1.165) is 27.1 Å². The van der Waals surface area contributed by atoms with E-state index in [4.69, 9.17) is 4.74 Å². The van der Waals surface area contributed by atoms with Crippen LogP contribution < -0.4 is 5.32 Å². The number of aromatic nitrogens is 1. The van der Waals surface area contributed by atoms with E-state index in [1.165, 1.54) is 13.3 Å². The summed E-state index contributed by atoms with van der Waals surface area (Å²) in [5, 5.41) is 7.08. The van der Waals surface area contributed by atoms with Crippen molar-refractivity contribution in [3.63, 3.8) is 0 Å². The number of hydrogen-bond donors (Lipinski definition) is 1. The Morgan fingerprint density at radius 3 is 2.21 bits per heavy atom. The summed E-state index contributed by atoms with van der Waals surface area (Å²) in [6.45, 7) is 0. The molecule has 1 heterocycles. The molecule has 0 unspecified atom stereocenters. The number of esters is 1. The van der Waals surface area contributed by atoms with Crippen molar-refractivity contribution in [2.24, 2.45) is 0 Å². The molecule has 0 aliphatic heterocycles. The normalized spacial score (nSPS) is 11.9. The van der Waals surface area contributed by atoms with Gasteiger partial charge in [0, 0.05) is 18.8 Å². The molecule has 4 aromatic rings. The molecule has 4 rings (SSSR count). The minimum absolute atomic E-state index is 0.320. The number of pyridine rings is 1. The standard InChI is InChI=1S/C24H20N2O3/c1-29-24(28)22(26-23(27)18-9-6-12-25-15-18)14-21-19-10-4-2-7-16(19)13-17-8-3-5-11-20(17)21/h2-13,15,22H,14H2,1H3,(H,26,27)/t22-/m1/s1. The summed E-state index contributed by atoms with van der Waals surface area (Å²) >= 11 is 0. The van der Waals surface area contributed by atoms with Gasteiger partial charge in [-0.25, -0.2) is 4.79 Å². The summed E-state index contributed by atoms with van der Waals surface area (Å²) < 4.78 is 4.98. The average Bonchev–Trinajstić information content (AvgIpc) is 2.78. The minimum atomic E-state index is -0.818. The van der Waals surface area contributed by atoms with Gasteiger partial charge in [0.05, 0.1) is 12.7 Å². The Morgan fingerprint density at radius 2 is 1.62 bits per heavy atom. The minimum Gasteiger partial charge on any atom is -0.467 e. The fourth-order valence-electron chi connectivity index (χ4n) is 3.61. The number of nitrogens with one attached hydrogen (secondary N) is 1. The van der Waals surface area contributed by atoms with Gasteiger partial charge in [-0.15, -0.1) is 0 Å². The van der Waals surface area contributed by atoms with Gasteiger partial charge in [-0.05, 0) is 45.3 Å². The number of nitrogens with zero attached hydrogens (tertiary/aromatic N) is 1. The van der Waals surface area contributed by atoms with Crippen molar-refractivity contribution in [3.8, 4) is 0 Å². The van der Waals surface area contributed by atoms with Crippen LogP contribution >= 0.6 is 0 Å². The zero-order valence-corrected chi connectivity index (χ0v) is 16.0. The maximum absolute atomic E-state index is 12.6. The number of hydrogen-bond acceptors (Lipinski definition) is 4. The highest BCUT2D eigenvalue weighted by Crippen LogP contribution is 2.29. The van der Waals surface area contributed by atoms with E-state index in [2.05, 4.69) is 16.4 Å². The topological polar surface area (TPSA) is 68.3 Å². The third-order valence-electron chi connectivity index (χ3n) is 5.01. The van der Waals surface area contributed by atoms with Crippen LogP contribution in [0.2, 0.25) is 0 Å². The van der Waals surface area contributed by atoms with E-state index in [1.54, 1.807) is 18.3 Å². The lowest BCUT2D eigenvalue weighted by molar-refractivity contribution is -0.142. The monoisotopic (exact) mass is 384 g/mol. The van der Waals surface area contributed by atoms with Gasteiger partial charge in [0.2, 0.25) is 0 Å². The molecule has 0 aliphatic carbocycles. The quantitative estimate of drug-likeness (QED) is 0.419. The maximum atomic E-state index is 12.6. The van der Waals surface area contributed by atoms with Crippen molar-refractivity contribution in [2.75, 3.05) is 7.11 Å². The molecule has 1 N–H and O–H groups in total. The van der Waals surface area contributed by atoms with Crippen molar-refractivity contribution < 1.29 is 14.3 Å². The van der Waals surface area contributed by atoms with Crippen LogP contribution in [0.3, 0.4) is 0 Å². The summed E-state index contributed by atoms with van der Waals surface area (Å²) in [5.41, 5.74) is 1.39. The van der Waals surface area contributed by atoms with E-state index in [0.29, 0.717) is 12.0 Å². The summed E-state index contributed by atoms with van der Waals surface area (Å²) in [6, 6.07) is 20.7. The van der Waals surface area contributed by atoms with Crippen LogP contribution in [0.4, 0.5) is 0 Å². The third kappa shape index (κ3) is 3.80. The van der Waals surface area contributed by atoms with Crippen LogP contribution in [0.5, 0.6) is 0 Å². The number of fused-ring (bicyclic) bond motifs is 2. The summed E-state index contributed by atoms with van der Waals surface area (Å²) in [7, 11) is 1.33. The number of amides is 1. The average molecular weight is 384 g/mol. The van der Waals surface area contributed by atoms with Crippen molar-refractivity contribution in [3.05, 3.63) is 90.3 Å². The van der Waals surface area contributed by atoms with E-state index in [-0.39, 0.29) is 5.91 Å². The molecule has 1 atom stereocenters. The van der Waals surface area contributed by atoms with Crippen LogP contribution in [0, 0.1) is 0 Å². The molecule has 29 heavy (non-hydrogen) atoms. The van der Waals surface area contributed by atoms with Gasteiger partial charge in [0.15, 0.2) is 0 Å². The second-order valence-electron chi connectivity index (χ2n) is 6.79. The Kier molecular flexibility index (Phi) is 5.20. The largest absolute Gasteiger partial charge is 0.467 e. The van der Waals surface area contributed by atoms with Gasteiger partial charge in [-0.1, -0.05) is 48.5 Å². The van der Waals surface area contributed by atoms with E-state index in [9.17, 15) is 9.59 Å². The van der Waals surface area contributed by atoms with Gasteiger partial charge in [0.25, 0.3) is 5.91 Å². The number of carbonyl (C=O) groups excluding carboxylic acids is 2. The highest BCUT2D eigenvalue weighted by Gasteiger charge is 2.24.